The van der Waals surface area contributed by atoms with Crippen molar-refractivity contribution < 1.29 is 9.47 Å². The van der Waals surface area contributed by atoms with E-state index in [0.29, 0.717) is 13.2 Å². The summed E-state index contributed by atoms with van der Waals surface area (Å²) in [6.45, 7) is 5.51. The molecule has 2 heterocycles. The van der Waals surface area contributed by atoms with Crippen molar-refractivity contribution in [1.82, 2.24) is 5.32 Å². The molecule has 2 atom stereocenters. The van der Waals surface area contributed by atoms with Crippen LogP contribution in [0.5, 0.6) is 0 Å². The molecule has 0 spiro atoms. The maximum absolute atomic E-state index is 5.83. The van der Waals surface area contributed by atoms with Gasteiger partial charge in [-0.25, -0.2) is 0 Å². The predicted octanol–water partition coefficient (Wildman–Crippen LogP) is 0.466. The number of ether oxygens (including phenoxy) is 2. The van der Waals surface area contributed by atoms with Crippen LogP contribution in [0.3, 0.4) is 0 Å². The summed E-state index contributed by atoms with van der Waals surface area (Å²) in [6, 6.07) is 0. The summed E-state index contributed by atoms with van der Waals surface area (Å²) in [6.07, 6.45) is 3.56. The number of hydrogen-bond acceptors (Lipinski definition) is 4. The Morgan fingerprint density at radius 3 is 2.73 bits per heavy atom. The molecule has 2 aliphatic heterocycles. The lowest BCUT2D eigenvalue weighted by Crippen LogP contribution is -2.35. The van der Waals surface area contributed by atoms with Crippen LogP contribution in [0.2, 0.25) is 0 Å². The van der Waals surface area contributed by atoms with Gasteiger partial charge < -0.3 is 20.5 Å². The Balaban J connectivity index is 1.82. The lowest BCUT2D eigenvalue weighted by Gasteiger charge is -2.30. The van der Waals surface area contributed by atoms with E-state index in [4.69, 9.17) is 15.2 Å². The van der Waals surface area contributed by atoms with Gasteiger partial charge in [0.1, 0.15) is 0 Å². The van der Waals surface area contributed by atoms with E-state index >= 15 is 0 Å². The minimum atomic E-state index is -0.383. The molecule has 3 N–H and O–H groups in total. The van der Waals surface area contributed by atoms with Crippen LogP contribution in [0.15, 0.2) is 0 Å². The molecule has 15 heavy (non-hydrogen) atoms. The predicted molar refractivity (Wildman–Crippen MR) is 58.5 cm³/mol. The van der Waals surface area contributed by atoms with E-state index < -0.39 is 0 Å². The van der Waals surface area contributed by atoms with Gasteiger partial charge in [0.05, 0.1) is 12.7 Å². The monoisotopic (exact) mass is 214 g/mol. The van der Waals surface area contributed by atoms with Crippen LogP contribution in [0, 0.1) is 5.92 Å². The fraction of sp³-hybridized carbons (Fsp3) is 1.00. The molecule has 4 heteroatoms. The molecule has 0 radical (unpaired) electrons. The van der Waals surface area contributed by atoms with E-state index in [1.807, 2.05) is 6.92 Å². The molecule has 0 amide bonds. The molecule has 0 aromatic carbocycles. The van der Waals surface area contributed by atoms with E-state index in [9.17, 15) is 0 Å². The van der Waals surface area contributed by atoms with E-state index in [-0.39, 0.29) is 11.9 Å². The second-order valence-electron chi connectivity index (χ2n) is 4.82. The van der Waals surface area contributed by atoms with Gasteiger partial charge in [0, 0.05) is 13.0 Å². The van der Waals surface area contributed by atoms with Crippen LogP contribution in [0.1, 0.15) is 26.2 Å². The van der Waals surface area contributed by atoms with Gasteiger partial charge in [0.15, 0.2) is 5.79 Å². The van der Waals surface area contributed by atoms with Gasteiger partial charge in [0.2, 0.25) is 0 Å². The zero-order valence-corrected chi connectivity index (χ0v) is 9.50. The Morgan fingerprint density at radius 1 is 1.40 bits per heavy atom. The number of nitrogens with one attached hydrogen (secondary N) is 1. The number of piperidine rings is 1. The van der Waals surface area contributed by atoms with Crippen LogP contribution in [0.25, 0.3) is 0 Å². The minimum absolute atomic E-state index is 0.0942. The number of nitrogens with two attached hydrogens (primary N) is 1. The van der Waals surface area contributed by atoms with Gasteiger partial charge in [-0.15, -0.1) is 0 Å². The average molecular weight is 214 g/mol. The van der Waals surface area contributed by atoms with Crippen LogP contribution < -0.4 is 11.1 Å². The van der Waals surface area contributed by atoms with E-state index in [1.165, 1.54) is 12.8 Å². The highest BCUT2D eigenvalue weighted by molar-refractivity contribution is 4.80. The summed E-state index contributed by atoms with van der Waals surface area (Å²) in [5.41, 5.74) is 5.57. The Labute approximate surface area is 91.5 Å². The summed E-state index contributed by atoms with van der Waals surface area (Å²) >= 11 is 0. The highest BCUT2D eigenvalue weighted by atomic mass is 16.7. The van der Waals surface area contributed by atoms with Crippen molar-refractivity contribution >= 4 is 0 Å². The highest BCUT2D eigenvalue weighted by Crippen LogP contribution is 2.32. The first-order valence-electron chi connectivity index (χ1n) is 5.94. The average Bonchev–Trinajstić information content (AvgIpc) is 2.61. The zero-order valence-electron chi connectivity index (χ0n) is 9.50. The first kappa shape index (κ1) is 11.3. The Kier molecular flexibility index (Phi) is 3.61. The lowest BCUT2D eigenvalue weighted by molar-refractivity contribution is -0.166. The molecule has 0 bridgehead atoms. The van der Waals surface area contributed by atoms with Gasteiger partial charge in [-0.2, -0.15) is 0 Å². The summed E-state index contributed by atoms with van der Waals surface area (Å²) in [5.74, 6) is 0.347. The Morgan fingerprint density at radius 2 is 2.13 bits per heavy atom. The first-order chi connectivity index (χ1) is 7.22. The Hall–Kier alpha value is -0.160. The SMILES string of the molecule is CC1(CC2CCNCC2)OCC(CN)O1. The molecule has 4 nitrogen and oxygen atoms in total. The highest BCUT2D eigenvalue weighted by Gasteiger charge is 2.38. The van der Waals surface area contributed by atoms with Crippen LogP contribution in [-0.4, -0.2) is 38.1 Å². The van der Waals surface area contributed by atoms with Gasteiger partial charge in [0.25, 0.3) is 0 Å². The number of rotatable bonds is 3. The molecule has 0 aromatic rings. The third-order valence-electron chi connectivity index (χ3n) is 3.37. The molecule has 2 unspecified atom stereocenters. The maximum atomic E-state index is 5.83. The van der Waals surface area contributed by atoms with E-state index in [0.717, 1.165) is 25.4 Å². The molecule has 0 aliphatic carbocycles. The topological polar surface area (TPSA) is 56.5 Å². The van der Waals surface area contributed by atoms with Crippen LogP contribution in [-0.2, 0) is 9.47 Å². The first-order valence-corrected chi connectivity index (χ1v) is 5.94. The molecule has 2 fully saturated rings. The van der Waals surface area contributed by atoms with Gasteiger partial charge in [-0.05, 0) is 38.8 Å². The van der Waals surface area contributed by atoms with Crippen molar-refractivity contribution in [3.8, 4) is 0 Å². The van der Waals surface area contributed by atoms with Gasteiger partial charge in [-0.3, -0.25) is 0 Å². The fourth-order valence-electron chi connectivity index (χ4n) is 2.52. The summed E-state index contributed by atoms with van der Waals surface area (Å²) in [7, 11) is 0. The smallest absolute Gasteiger partial charge is 0.166 e. The van der Waals surface area contributed by atoms with Gasteiger partial charge in [-0.1, -0.05) is 0 Å². The van der Waals surface area contributed by atoms with E-state index in [2.05, 4.69) is 5.32 Å². The quantitative estimate of drug-likeness (QED) is 0.717. The van der Waals surface area contributed by atoms with Crippen molar-refractivity contribution in [3.63, 3.8) is 0 Å². The van der Waals surface area contributed by atoms with Crippen molar-refractivity contribution in [2.24, 2.45) is 11.7 Å². The normalized spacial score (nSPS) is 38.4. The summed E-state index contributed by atoms with van der Waals surface area (Å²) in [5, 5.41) is 3.37. The van der Waals surface area contributed by atoms with Crippen LogP contribution in [0.4, 0.5) is 0 Å². The maximum Gasteiger partial charge on any atom is 0.166 e. The fourth-order valence-corrected chi connectivity index (χ4v) is 2.52. The molecule has 88 valence electrons. The molecular formula is C11H22N2O2. The number of hydrogen-bond donors (Lipinski definition) is 2. The van der Waals surface area contributed by atoms with Crippen molar-refractivity contribution in [2.45, 2.75) is 38.1 Å². The zero-order chi connectivity index (χ0) is 10.7. The van der Waals surface area contributed by atoms with Crippen molar-refractivity contribution in [1.29, 1.82) is 0 Å². The Bertz CT molecular complexity index is 207. The molecule has 2 saturated heterocycles. The minimum Gasteiger partial charge on any atom is -0.347 e. The van der Waals surface area contributed by atoms with Crippen molar-refractivity contribution in [3.05, 3.63) is 0 Å². The third kappa shape index (κ3) is 2.91. The van der Waals surface area contributed by atoms with Gasteiger partial charge >= 0.3 is 0 Å². The van der Waals surface area contributed by atoms with Crippen molar-refractivity contribution in [2.75, 3.05) is 26.2 Å². The molecule has 0 saturated carbocycles. The summed E-state index contributed by atoms with van der Waals surface area (Å²) < 4.78 is 11.6. The largest absolute Gasteiger partial charge is 0.347 e. The molecule has 2 rings (SSSR count). The molecular weight excluding hydrogens is 192 g/mol. The van der Waals surface area contributed by atoms with E-state index in [1.54, 1.807) is 0 Å². The second-order valence-corrected chi connectivity index (χ2v) is 4.82. The molecule has 2 aliphatic rings. The summed E-state index contributed by atoms with van der Waals surface area (Å²) in [4.78, 5) is 0. The standard InChI is InChI=1S/C11H22N2O2/c1-11(14-8-10(7-12)15-11)6-9-2-4-13-5-3-9/h9-10,13H,2-8,12H2,1H3. The second kappa shape index (κ2) is 4.78. The molecule has 0 aromatic heterocycles. The lowest BCUT2D eigenvalue weighted by atomic mass is 9.91. The third-order valence-corrected chi connectivity index (χ3v) is 3.37. The van der Waals surface area contributed by atoms with Crippen LogP contribution >= 0.6 is 0 Å².